The Morgan fingerprint density at radius 2 is 2.22 bits per heavy atom. The lowest BCUT2D eigenvalue weighted by molar-refractivity contribution is 0.0614. The van der Waals surface area contributed by atoms with Gasteiger partial charge in [-0.15, -0.1) is 0 Å². The summed E-state index contributed by atoms with van der Waals surface area (Å²) in [7, 11) is 0. The van der Waals surface area contributed by atoms with Crippen molar-refractivity contribution in [3.63, 3.8) is 0 Å². The molecule has 1 aromatic heterocycles. The molecule has 18 heavy (non-hydrogen) atoms. The molecular formula is C13H14FN3O. The molecule has 0 aromatic carbocycles. The van der Waals surface area contributed by atoms with E-state index in [1.54, 1.807) is 18.7 Å². The first-order valence-corrected chi connectivity index (χ1v) is 5.82. The van der Waals surface area contributed by atoms with Crippen LogP contribution in [0.4, 0.5) is 4.39 Å². The van der Waals surface area contributed by atoms with Gasteiger partial charge in [0, 0.05) is 12.2 Å². The second-order valence-electron chi connectivity index (χ2n) is 4.95. The number of hydrogen-bond acceptors (Lipinski definition) is 3. The molecule has 0 unspecified atom stereocenters. The lowest BCUT2D eigenvalue weighted by Gasteiger charge is -2.33. The molecule has 1 aliphatic rings. The van der Waals surface area contributed by atoms with Gasteiger partial charge in [-0.3, -0.25) is 4.79 Å². The fourth-order valence-corrected chi connectivity index (χ4v) is 1.90. The molecule has 0 radical (unpaired) electrons. The van der Waals surface area contributed by atoms with E-state index >= 15 is 0 Å². The average molecular weight is 247 g/mol. The van der Waals surface area contributed by atoms with E-state index in [-0.39, 0.29) is 11.9 Å². The molecular weight excluding hydrogens is 233 g/mol. The van der Waals surface area contributed by atoms with Gasteiger partial charge in [0.2, 0.25) is 5.95 Å². The van der Waals surface area contributed by atoms with Crippen LogP contribution in [0.15, 0.2) is 18.3 Å². The molecule has 1 heterocycles. The van der Waals surface area contributed by atoms with Gasteiger partial charge in [0.15, 0.2) is 0 Å². The molecule has 1 amide bonds. The van der Waals surface area contributed by atoms with Gasteiger partial charge >= 0.3 is 0 Å². The number of aromatic nitrogens is 1. The Bertz CT molecular complexity index is 500. The van der Waals surface area contributed by atoms with Gasteiger partial charge in [-0.1, -0.05) is 0 Å². The van der Waals surface area contributed by atoms with Crippen LogP contribution in [0.1, 0.15) is 37.0 Å². The zero-order valence-electron chi connectivity index (χ0n) is 10.4. The maximum atomic E-state index is 12.7. The predicted molar refractivity (Wildman–Crippen MR) is 63.1 cm³/mol. The largest absolute Gasteiger partial charge is 0.317 e. The third kappa shape index (κ3) is 2.33. The molecule has 94 valence electrons. The lowest BCUT2D eigenvalue weighted by Crippen LogP contribution is -2.48. The maximum absolute atomic E-state index is 12.7. The third-order valence-corrected chi connectivity index (χ3v) is 2.98. The fraction of sp³-hybridized carbons (Fsp3) is 0.462. The zero-order chi connectivity index (χ0) is 13.3. The van der Waals surface area contributed by atoms with Gasteiger partial charge in [-0.25, -0.2) is 4.98 Å². The summed E-state index contributed by atoms with van der Waals surface area (Å²) in [6, 6.07) is 4.79. The summed E-state index contributed by atoms with van der Waals surface area (Å²) in [6.07, 6.45) is 3.03. The standard InChI is InChI=1S/C13H14FN3O/c1-13(2,8-15)17(10-4-5-10)12(18)9-3-6-11(14)16-7-9/h3,6-7,10H,4-5H2,1-2H3. The summed E-state index contributed by atoms with van der Waals surface area (Å²) in [5, 5.41) is 9.16. The minimum Gasteiger partial charge on any atom is -0.317 e. The fourth-order valence-electron chi connectivity index (χ4n) is 1.90. The SMILES string of the molecule is CC(C)(C#N)N(C(=O)c1ccc(F)nc1)C1CC1. The molecule has 1 fully saturated rings. The highest BCUT2D eigenvalue weighted by Crippen LogP contribution is 2.33. The molecule has 1 saturated carbocycles. The van der Waals surface area contributed by atoms with Gasteiger partial charge in [0.1, 0.15) is 5.54 Å². The molecule has 4 nitrogen and oxygen atoms in total. The van der Waals surface area contributed by atoms with Crippen LogP contribution in [0.3, 0.4) is 0 Å². The van der Waals surface area contributed by atoms with Gasteiger partial charge in [-0.05, 0) is 38.8 Å². The Hall–Kier alpha value is -1.96. The molecule has 1 aliphatic carbocycles. The topological polar surface area (TPSA) is 57.0 Å². The molecule has 2 rings (SSSR count). The van der Waals surface area contributed by atoms with E-state index in [1.165, 1.54) is 12.3 Å². The van der Waals surface area contributed by atoms with E-state index < -0.39 is 11.5 Å². The van der Waals surface area contributed by atoms with Crippen LogP contribution in [-0.2, 0) is 0 Å². The molecule has 0 atom stereocenters. The van der Waals surface area contributed by atoms with E-state index in [4.69, 9.17) is 5.26 Å². The van der Waals surface area contributed by atoms with Crippen LogP contribution in [0, 0.1) is 17.3 Å². The number of nitriles is 1. The smallest absolute Gasteiger partial charge is 0.256 e. The van der Waals surface area contributed by atoms with Gasteiger partial charge in [-0.2, -0.15) is 9.65 Å². The molecule has 0 N–H and O–H groups in total. The number of hydrogen-bond donors (Lipinski definition) is 0. The van der Waals surface area contributed by atoms with Crippen molar-refractivity contribution in [1.29, 1.82) is 5.26 Å². The number of carbonyl (C=O) groups is 1. The van der Waals surface area contributed by atoms with Crippen LogP contribution in [0.5, 0.6) is 0 Å². The van der Waals surface area contributed by atoms with Gasteiger partial charge < -0.3 is 4.90 Å². The molecule has 1 aromatic rings. The van der Waals surface area contributed by atoms with Gasteiger partial charge in [0.05, 0.1) is 11.6 Å². The summed E-state index contributed by atoms with van der Waals surface area (Å²) in [5.41, 5.74) is -0.557. The Kier molecular flexibility index (Phi) is 3.04. The summed E-state index contributed by atoms with van der Waals surface area (Å²) in [4.78, 5) is 17.4. The second kappa shape index (κ2) is 4.37. The minimum absolute atomic E-state index is 0.109. The van der Waals surface area contributed by atoms with Crippen LogP contribution < -0.4 is 0 Å². The van der Waals surface area contributed by atoms with Crippen molar-refractivity contribution >= 4 is 5.91 Å². The van der Waals surface area contributed by atoms with Crippen LogP contribution >= 0.6 is 0 Å². The number of nitrogens with zero attached hydrogens (tertiary/aromatic N) is 3. The van der Waals surface area contributed by atoms with Crippen LogP contribution in [0.25, 0.3) is 0 Å². The van der Waals surface area contributed by atoms with E-state index in [0.29, 0.717) is 5.56 Å². The highest BCUT2D eigenvalue weighted by molar-refractivity contribution is 5.95. The van der Waals surface area contributed by atoms with E-state index in [9.17, 15) is 9.18 Å². The van der Waals surface area contributed by atoms with Crippen molar-refractivity contribution in [3.8, 4) is 6.07 Å². The van der Waals surface area contributed by atoms with E-state index in [2.05, 4.69) is 11.1 Å². The summed E-state index contributed by atoms with van der Waals surface area (Å²) in [6.45, 7) is 3.42. The molecule has 0 bridgehead atoms. The monoisotopic (exact) mass is 247 g/mol. The van der Waals surface area contributed by atoms with E-state index in [0.717, 1.165) is 18.9 Å². The van der Waals surface area contributed by atoms with Crippen LogP contribution in [0.2, 0.25) is 0 Å². The number of amides is 1. The van der Waals surface area contributed by atoms with Crippen molar-refractivity contribution in [1.82, 2.24) is 9.88 Å². The normalized spacial score (nSPS) is 15.0. The summed E-state index contributed by atoms with van der Waals surface area (Å²) < 4.78 is 12.7. The highest BCUT2D eigenvalue weighted by Gasteiger charge is 2.42. The maximum Gasteiger partial charge on any atom is 0.256 e. The molecule has 5 heteroatoms. The summed E-state index contributed by atoms with van der Waals surface area (Å²) in [5.74, 6) is -0.888. The van der Waals surface area contributed by atoms with Gasteiger partial charge in [0.25, 0.3) is 5.91 Å². The number of pyridine rings is 1. The van der Waals surface area contributed by atoms with Crippen molar-refractivity contribution < 1.29 is 9.18 Å². The number of rotatable bonds is 3. The van der Waals surface area contributed by atoms with E-state index in [1.807, 2.05) is 0 Å². The lowest BCUT2D eigenvalue weighted by atomic mass is 10.0. The number of carbonyl (C=O) groups excluding carboxylic acids is 1. The Morgan fingerprint density at radius 1 is 1.56 bits per heavy atom. The average Bonchev–Trinajstić information content (AvgIpc) is 3.14. The first kappa shape index (κ1) is 12.5. The first-order chi connectivity index (χ1) is 8.45. The molecule has 0 aliphatic heterocycles. The zero-order valence-corrected chi connectivity index (χ0v) is 10.4. The highest BCUT2D eigenvalue weighted by atomic mass is 19.1. The first-order valence-electron chi connectivity index (χ1n) is 5.82. The van der Waals surface area contributed by atoms with Crippen molar-refractivity contribution in [2.24, 2.45) is 0 Å². The number of halogens is 1. The predicted octanol–water partition coefficient (Wildman–Crippen LogP) is 2.13. The second-order valence-corrected chi connectivity index (χ2v) is 4.95. The summed E-state index contributed by atoms with van der Waals surface area (Å²) >= 11 is 0. The molecule has 0 saturated heterocycles. The van der Waals surface area contributed by atoms with Crippen molar-refractivity contribution in [3.05, 3.63) is 29.8 Å². The Morgan fingerprint density at radius 3 is 2.67 bits per heavy atom. The Balaban J connectivity index is 2.30. The quantitative estimate of drug-likeness (QED) is 0.769. The van der Waals surface area contributed by atoms with Crippen molar-refractivity contribution in [2.75, 3.05) is 0 Å². The third-order valence-electron chi connectivity index (χ3n) is 2.98. The minimum atomic E-state index is -0.868. The van der Waals surface area contributed by atoms with Crippen LogP contribution in [-0.4, -0.2) is 27.4 Å². The molecule has 0 spiro atoms. The Labute approximate surface area is 105 Å². The van der Waals surface area contributed by atoms with Crippen molar-refractivity contribution in [2.45, 2.75) is 38.3 Å².